The molecule has 5 aliphatic rings. The molecule has 4 saturated carbocycles. The summed E-state index contributed by atoms with van der Waals surface area (Å²) in [5.41, 5.74) is 1.38. The van der Waals surface area contributed by atoms with Gasteiger partial charge in [0.2, 0.25) is 0 Å². The first-order valence-corrected chi connectivity index (χ1v) is 13.1. The van der Waals surface area contributed by atoms with Gasteiger partial charge in [0.1, 0.15) is 6.79 Å². The van der Waals surface area contributed by atoms with Crippen LogP contribution in [0, 0.1) is 34.5 Å². The van der Waals surface area contributed by atoms with E-state index in [1.807, 2.05) is 0 Å². The molecule has 0 radical (unpaired) electrons. The zero-order chi connectivity index (χ0) is 22.7. The predicted molar refractivity (Wildman–Crippen MR) is 124 cm³/mol. The second-order valence-corrected chi connectivity index (χ2v) is 12.0. The van der Waals surface area contributed by atoms with Crippen LogP contribution < -0.4 is 0 Å². The molecule has 0 amide bonds. The Morgan fingerprint density at radius 2 is 1.91 bits per heavy atom. The fraction of sp³-hybridized carbons (Fsp3) is 0.786. The largest absolute Gasteiger partial charge is 0.374 e. The summed E-state index contributed by atoms with van der Waals surface area (Å²) in [6.45, 7) is 4.18. The highest BCUT2D eigenvalue weighted by molar-refractivity contribution is 5.19. The summed E-state index contributed by atoms with van der Waals surface area (Å²) in [7, 11) is 1.70. The van der Waals surface area contributed by atoms with Crippen molar-refractivity contribution >= 4 is 0 Å². The van der Waals surface area contributed by atoms with Crippen LogP contribution in [0.25, 0.3) is 0 Å². The van der Waals surface area contributed by atoms with Crippen LogP contribution in [-0.2, 0) is 25.6 Å². The summed E-state index contributed by atoms with van der Waals surface area (Å²) in [6, 6.07) is 10.5. The minimum absolute atomic E-state index is 0.0270. The normalized spacial score (nSPS) is 47.8. The average Bonchev–Trinajstić information content (AvgIpc) is 3.45. The van der Waals surface area contributed by atoms with Crippen LogP contribution in [0.2, 0.25) is 0 Å². The number of ether oxygens (including phenoxy) is 4. The zero-order valence-electron chi connectivity index (χ0n) is 20.2. The van der Waals surface area contributed by atoms with Gasteiger partial charge in [-0.2, -0.15) is 0 Å². The molecule has 0 aromatic heterocycles. The Morgan fingerprint density at radius 3 is 2.73 bits per heavy atom. The molecular weight excluding hydrogens is 416 g/mol. The van der Waals surface area contributed by atoms with Gasteiger partial charge in [0.05, 0.1) is 25.4 Å². The Hall–Kier alpha value is -0.980. The quantitative estimate of drug-likeness (QED) is 0.467. The molecule has 0 spiro atoms. The van der Waals surface area contributed by atoms with E-state index in [9.17, 15) is 5.11 Å². The molecule has 182 valence electrons. The van der Waals surface area contributed by atoms with E-state index in [-0.39, 0.29) is 29.0 Å². The van der Waals surface area contributed by atoms with E-state index in [0.29, 0.717) is 31.2 Å². The minimum atomic E-state index is -0.895. The lowest BCUT2D eigenvalue weighted by atomic mass is 9.49. The van der Waals surface area contributed by atoms with Crippen molar-refractivity contribution in [3.8, 4) is 0 Å². The lowest BCUT2D eigenvalue weighted by molar-refractivity contribution is -0.241. The van der Waals surface area contributed by atoms with Crippen molar-refractivity contribution in [2.24, 2.45) is 34.5 Å². The van der Waals surface area contributed by atoms with Crippen LogP contribution in [0.3, 0.4) is 0 Å². The molecule has 0 unspecified atom stereocenters. The summed E-state index contributed by atoms with van der Waals surface area (Å²) >= 11 is 0. The van der Waals surface area contributed by atoms with Gasteiger partial charge < -0.3 is 24.1 Å². The lowest BCUT2D eigenvalue weighted by Gasteiger charge is -2.57. The second kappa shape index (κ2) is 8.30. The van der Waals surface area contributed by atoms with Crippen molar-refractivity contribution in [2.75, 3.05) is 20.5 Å². The van der Waals surface area contributed by atoms with E-state index >= 15 is 0 Å². The van der Waals surface area contributed by atoms with Crippen molar-refractivity contribution in [2.45, 2.75) is 82.9 Å². The fourth-order valence-electron chi connectivity index (χ4n) is 9.01. The molecule has 1 aromatic rings. The highest BCUT2D eigenvalue weighted by Crippen LogP contribution is 2.72. The maximum absolute atomic E-state index is 11.7. The molecule has 1 aliphatic heterocycles. The maximum atomic E-state index is 11.7. The SMILES string of the molecule is COCOC[C@]12CC[C@H](OCc3ccccc3)C[C@@H]1C[C@H]1O[C@@]3(O)[C@@H]4CC[C@@H](C4)[C@H]3[C@@]1(C)C2. The van der Waals surface area contributed by atoms with Crippen molar-refractivity contribution < 1.29 is 24.1 Å². The molecule has 2 bridgehead atoms. The summed E-state index contributed by atoms with van der Waals surface area (Å²) in [5.74, 6) is 0.824. The zero-order valence-corrected chi connectivity index (χ0v) is 20.2. The molecule has 5 heteroatoms. The van der Waals surface area contributed by atoms with Crippen LogP contribution >= 0.6 is 0 Å². The Bertz CT molecular complexity index is 846. The number of hydrogen-bond acceptors (Lipinski definition) is 5. The highest BCUT2D eigenvalue weighted by Gasteiger charge is 2.73. The van der Waals surface area contributed by atoms with Gasteiger partial charge >= 0.3 is 0 Å². The van der Waals surface area contributed by atoms with Crippen molar-refractivity contribution in [3.63, 3.8) is 0 Å². The van der Waals surface area contributed by atoms with Gasteiger partial charge in [-0.1, -0.05) is 37.3 Å². The average molecular weight is 457 g/mol. The predicted octanol–water partition coefficient (Wildman–Crippen LogP) is 4.91. The van der Waals surface area contributed by atoms with Crippen LogP contribution in [0.15, 0.2) is 30.3 Å². The highest BCUT2D eigenvalue weighted by atomic mass is 16.7. The molecule has 6 rings (SSSR count). The molecule has 1 heterocycles. The summed E-state index contributed by atoms with van der Waals surface area (Å²) in [4.78, 5) is 0. The molecule has 33 heavy (non-hydrogen) atoms. The molecule has 4 aliphatic carbocycles. The van der Waals surface area contributed by atoms with Crippen LogP contribution in [0.5, 0.6) is 0 Å². The molecule has 9 atom stereocenters. The van der Waals surface area contributed by atoms with Gasteiger partial charge in [0.15, 0.2) is 5.79 Å². The topological polar surface area (TPSA) is 57.2 Å². The molecule has 5 nitrogen and oxygen atoms in total. The minimum Gasteiger partial charge on any atom is -0.374 e. The number of hydrogen-bond donors (Lipinski definition) is 1. The van der Waals surface area contributed by atoms with Crippen LogP contribution in [-0.4, -0.2) is 43.6 Å². The first-order chi connectivity index (χ1) is 16.0. The smallest absolute Gasteiger partial charge is 0.172 e. The summed E-state index contributed by atoms with van der Waals surface area (Å²) in [6.07, 6.45) is 9.28. The number of aliphatic hydroxyl groups is 1. The molecule has 5 fully saturated rings. The standard InChI is InChI=1S/C28H40O5/c1-26-16-27(17-31-18-30-2)11-10-23(32-15-19-6-4-3-5-7-19)13-22(27)14-24(26)33-28(29)21-9-8-20(12-21)25(26)28/h3-7,20-25,29H,8-18H2,1-2H3/t20-,21+,22+,23-,24+,25-,26-,27+,28-/m0/s1. The lowest BCUT2D eigenvalue weighted by Crippen LogP contribution is -2.55. The van der Waals surface area contributed by atoms with E-state index in [1.165, 1.54) is 12.0 Å². The Labute approximate surface area is 198 Å². The van der Waals surface area contributed by atoms with E-state index in [2.05, 4.69) is 37.3 Å². The third kappa shape index (κ3) is 3.53. The maximum Gasteiger partial charge on any atom is 0.172 e. The molecule has 1 N–H and O–H groups in total. The van der Waals surface area contributed by atoms with Crippen molar-refractivity contribution in [3.05, 3.63) is 35.9 Å². The van der Waals surface area contributed by atoms with Gasteiger partial charge in [-0.05, 0) is 74.2 Å². The van der Waals surface area contributed by atoms with E-state index < -0.39 is 5.79 Å². The second-order valence-electron chi connectivity index (χ2n) is 12.0. The number of methoxy groups -OCH3 is 1. The van der Waals surface area contributed by atoms with E-state index in [4.69, 9.17) is 18.9 Å². The van der Waals surface area contributed by atoms with Gasteiger partial charge in [-0.3, -0.25) is 0 Å². The Kier molecular flexibility index (Phi) is 5.66. The fourth-order valence-corrected chi connectivity index (χ4v) is 9.01. The monoisotopic (exact) mass is 456 g/mol. The Balaban J connectivity index is 1.22. The summed E-state index contributed by atoms with van der Waals surface area (Å²) in [5, 5.41) is 11.7. The molecule has 1 saturated heterocycles. The molecule has 1 aromatic carbocycles. The van der Waals surface area contributed by atoms with Gasteiger partial charge in [0.25, 0.3) is 0 Å². The number of benzene rings is 1. The third-order valence-corrected chi connectivity index (χ3v) is 10.3. The number of fused-ring (bicyclic) bond motifs is 8. The van der Waals surface area contributed by atoms with Gasteiger partial charge in [-0.25, -0.2) is 0 Å². The van der Waals surface area contributed by atoms with Gasteiger partial charge in [0, 0.05) is 24.4 Å². The summed E-state index contributed by atoms with van der Waals surface area (Å²) < 4.78 is 24.4. The van der Waals surface area contributed by atoms with E-state index in [1.54, 1.807) is 7.11 Å². The Morgan fingerprint density at radius 1 is 1.06 bits per heavy atom. The first kappa shape index (κ1) is 22.5. The van der Waals surface area contributed by atoms with Crippen LogP contribution in [0.4, 0.5) is 0 Å². The molecular formula is C28H40O5. The van der Waals surface area contributed by atoms with Gasteiger partial charge in [-0.15, -0.1) is 0 Å². The van der Waals surface area contributed by atoms with Crippen molar-refractivity contribution in [1.29, 1.82) is 0 Å². The number of rotatable bonds is 7. The van der Waals surface area contributed by atoms with Crippen LogP contribution in [0.1, 0.15) is 63.9 Å². The first-order valence-electron chi connectivity index (χ1n) is 13.1. The van der Waals surface area contributed by atoms with E-state index in [0.717, 1.165) is 51.6 Å². The van der Waals surface area contributed by atoms with Crippen molar-refractivity contribution in [1.82, 2.24) is 0 Å². The third-order valence-electron chi connectivity index (χ3n) is 10.3.